The van der Waals surface area contributed by atoms with Crippen LogP contribution in [0.1, 0.15) is 33.3 Å². The van der Waals surface area contributed by atoms with E-state index in [4.69, 9.17) is 16.3 Å². The Morgan fingerprint density at radius 1 is 1.09 bits per heavy atom. The van der Waals surface area contributed by atoms with E-state index in [9.17, 15) is 9.59 Å². The molecule has 1 amide bonds. The summed E-state index contributed by atoms with van der Waals surface area (Å²) in [5.41, 5.74) is 2.99. The van der Waals surface area contributed by atoms with Gasteiger partial charge in [0.1, 0.15) is 10.6 Å². The highest BCUT2D eigenvalue weighted by Gasteiger charge is 2.24. The standard InChI is InChI=1S/C25H20ClN3O3S2/c1-2-32-24(31)20-18(17-11-7-4-8-12-17)15-33-23(20)29-22(30)21-19(26)13-27-25(28-21)34-14-16-9-5-3-6-10-16/h3-13,15H,2,14H2,1H3,(H,29,30). The van der Waals surface area contributed by atoms with Crippen LogP contribution in [0.2, 0.25) is 5.02 Å². The molecule has 0 aliphatic heterocycles. The van der Waals surface area contributed by atoms with Gasteiger partial charge in [-0.2, -0.15) is 0 Å². The van der Waals surface area contributed by atoms with Crippen LogP contribution in [0.25, 0.3) is 11.1 Å². The third-order valence-corrected chi connectivity index (χ3v) is 6.83. The Balaban J connectivity index is 1.59. The van der Waals surface area contributed by atoms with E-state index in [2.05, 4.69) is 15.3 Å². The van der Waals surface area contributed by atoms with E-state index >= 15 is 0 Å². The van der Waals surface area contributed by atoms with E-state index in [1.165, 1.54) is 29.3 Å². The largest absolute Gasteiger partial charge is 0.462 e. The number of nitrogens with zero attached hydrogens (tertiary/aromatic N) is 2. The summed E-state index contributed by atoms with van der Waals surface area (Å²) in [6.07, 6.45) is 1.41. The number of thioether (sulfide) groups is 1. The van der Waals surface area contributed by atoms with Crippen LogP contribution in [-0.4, -0.2) is 28.5 Å². The van der Waals surface area contributed by atoms with Crippen LogP contribution in [0.3, 0.4) is 0 Å². The van der Waals surface area contributed by atoms with Gasteiger partial charge in [0.25, 0.3) is 5.91 Å². The second kappa shape index (κ2) is 11.3. The Morgan fingerprint density at radius 3 is 2.50 bits per heavy atom. The van der Waals surface area contributed by atoms with Crippen molar-refractivity contribution in [1.82, 2.24) is 9.97 Å². The predicted octanol–water partition coefficient (Wildman–Crippen LogP) is 6.58. The van der Waals surface area contributed by atoms with Crippen molar-refractivity contribution >= 4 is 51.6 Å². The average Bonchev–Trinajstić information content (AvgIpc) is 3.28. The number of halogens is 1. The lowest BCUT2D eigenvalue weighted by molar-refractivity contribution is 0.0529. The second-order valence-electron chi connectivity index (χ2n) is 7.02. The van der Waals surface area contributed by atoms with Crippen LogP contribution in [0, 0.1) is 0 Å². The number of hydrogen-bond acceptors (Lipinski definition) is 7. The van der Waals surface area contributed by atoms with Crippen molar-refractivity contribution in [2.45, 2.75) is 17.8 Å². The van der Waals surface area contributed by atoms with Crippen molar-refractivity contribution in [3.8, 4) is 11.1 Å². The number of aromatic nitrogens is 2. The molecule has 0 bridgehead atoms. The number of anilines is 1. The number of thiophene rings is 1. The summed E-state index contributed by atoms with van der Waals surface area (Å²) in [4.78, 5) is 34.4. The molecule has 0 aliphatic rings. The molecule has 4 rings (SSSR count). The fraction of sp³-hybridized carbons (Fsp3) is 0.120. The molecule has 4 aromatic rings. The molecule has 0 saturated carbocycles. The number of esters is 1. The number of amides is 1. The minimum Gasteiger partial charge on any atom is -0.462 e. The zero-order valence-corrected chi connectivity index (χ0v) is 20.5. The Bertz CT molecular complexity index is 1300. The summed E-state index contributed by atoms with van der Waals surface area (Å²) in [5.74, 6) is -0.381. The molecule has 0 fully saturated rings. The summed E-state index contributed by atoms with van der Waals surface area (Å²) >= 11 is 8.89. The number of nitrogens with one attached hydrogen (secondary N) is 1. The topological polar surface area (TPSA) is 81.2 Å². The average molecular weight is 510 g/mol. The fourth-order valence-corrected chi connectivity index (χ4v) is 5.05. The highest BCUT2D eigenvalue weighted by molar-refractivity contribution is 7.98. The summed E-state index contributed by atoms with van der Waals surface area (Å²) in [6, 6.07) is 19.4. The van der Waals surface area contributed by atoms with Gasteiger partial charge in [0.05, 0.1) is 17.8 Å². The van der Waals surface area contributed by atoms with E-state index in [0.29, 0.717) is 27.0 Å². The third kappa shape index (κ3) is 5.64. The first-order valence-electron chi connectivity index (χ1n) is 10.4. The molecule has 2 aromatic carbocycles. The minimum absolute atomic E-state index is 0.0386. The molecular formula is C25H20ClN3O3S2. The Labute approximate surface area is 210 Å². The first-order valence-corrected chi connectivity index (χ1v) is 12.7. The SMILES string of the molecule is CCOC(=O)c1c(-c2ccccc2)csc1NC(=O)c1nc(SCc2ccccc2)ncc1Cl. The van der Waals surface area contributed by atoms with Crippen LogP contribution < -0.4 is 5.32 Å². The van der Waals surface area contributed by atoms with E-state index in [-0.39, 0.29) is 17.3 Å². The van der Waals surface area contributed by atoms with Gasteiger partial charge in [0.15, 0.2) is 10.9 Å². The third-order valence-electron chi connectivity index (χ3n) is 4.73. The van der Waals surface area contributed by atoms with Crippen LogP contribution in [-0.2, 0) is 10.5 Å². The number of carbonyl (C=O) groups excluding carboxylic acids is 2. The maximum absolute atomic E-state index is 13.1. The Hall–Kier alpha value is -3.20. The summed E-state index contributed by atoms with van der Waals surface area (Å²) < 4.78 is 5.25. The molecule has 0 unspecified atom stereocenters. The van der Waals surface area contributed by atoms with Crippen LogP contribution in [0.5, 0.6) is 0 Å². The molecule has 34 heavy (non-hydrogen) atoms. The van der Waals surface area contributed by atoms with E-state index in [1.807, 2.05) is 66.0 Å². The molecule has 2 aromatic heterocycles. The maximum Gasteiger partial charge on any atom is 0.341 e. The normalized spacial score (nSPS) is 10.6. The van der Waals surface area contributed by atoms with Gasteiger partial charge >= 0.3 is 5.97 Å². The Morgan fingerprint density at radius 2 is 1.79 bits per heavy atom. The van der Waals surface area contributed by atoms with Crippen LogP contribution in [0.4, 0.5) is 5.00 Å². The van der Waals surface area contributed by atoms with Crippen molar-refractivity contribution in [3.63, 3.8) is 0 Å². The van der Waals surface area contributed by atoms with E-state index < -0.39 is 11.9 Å². The molecule has 172 valence electrons. The van der Waals surface area contributed by atoms with Crippen molar-refractivity contribution in [1.29, 1.82) is 0 Å². The smallest absolute Gasteiger partial charge is 0.341 e. The lowest BCUT2D eigenvalue weighted by atomic mass is 10.0. The van der Waals surface area contributed by atoms with E-state index in [0.717, 1.165) is 11.1 Å². The second-order valence-corrected chi connectivity index (χ2v) is 9.25. The van der Waals surface area contributed by atoms with Gasteiger partial charge in [-0.05, 0) is 18.1 Å². The highest BCUT2D eigenvalue weighted by Crippen LogP contribution is 2.36. The van der Waals surface area contributed by atoms with Crippen molar-refractivity contribution < 1.29 is 14.3 Å². The van der Waals surface area contributed by atoms with Gasteiger partial charge in [-0.3, -0.25) is 4.79 Å². The van der Waals surface area contributed by atoms with E-state index in [1.54, 1.807) is 6.92 Å². The van der Waals surface area contributed by atoms with Crippen molar-refractivity contribution in [2.24, 2.45) is 0 Å². The summed E-state index contributed by atoms with van der Waals surface area (Å²) in [5, 5.41) is 5.54. The molecule has 2 heterocycles. The van der Waals surface area contributed by atoms with Gasteiger partial charge in [0, 0.05) is 16.7 Å². The van der Waals surface area contributed by atoms with Crippen LogP contribution >= 0.6 is 34.7 Å². The maximum atomic E-state index is 13.1. The van der Waals surface area contributed by atoms with Gasteiger partial charge in [0.2, 0.25) is 0 Å². The number of benzene rings is 2. The van der Waals surface area contributed by atoms with Gasteiger partial charge in [-0.25, -0.2) is 14.8 Å². The number of hydrogen-bond donors (Lipinski definition) is 1. The highest BCUT2D eigenvalue weighted by atomic mass is 35.5. The van der Waals surface area contributed by atoms with Crippen molar-refractivity contribution in [3.05, 3.63) is 94.1 Å². The first-order chi connectivity index (χ1) is 16.6. The minimum atomic E-state index is -0.527. The Kier molecular flexibility index (Phi) is 7.95. The quantitative estimate of drug-likeness (QED) is 0.164. The summed E-state index contributed by atoms with van der Waals surface area (Å²) in [6.45, 7) is 1.95. The lowest BCUT2D eigenvalue weighted by Crippen LogP contribution is -2.17. The molecule has 0 atom stereocenters. The molecule has 1 N–H and O–H groups in total. The van der Waals surface area contributed by atoms with Gasteiger partial charge in [-0.15, -0.1) is 11.3 Å². The zero-order valence-electron chi connectivity index (χ0n) is 18.2. The first kappa shape index (κ1) is 23.9. The summed E-state index contributed by atoms with van der Waals surface area (Å²) in [7, 11) is 0. The zero-order chi connectivity index (χ0) is 23.9. The molecular weight excluding hydrogens is 490 g/mol. The monoisotopic (exact) mass is 509 g/mol. The van der Waals surface area contributed by atoms with Gasteiger partial charge < -0.3 is 10.1 Å². The lowest BCUT2D eigenvalue weighted by Gasteiger charge is -2.10. The number of rotatable bonds is 8. The molecule has 0 radical (unpaired) electrons. The molecule has 9 heteroatoms. The number of ether oxygens (including phenoxy) is 1. The molecule has 0 aliphatic carbocycles. The predicted molar refractivity (Wildman–Crippen MR) is 137 cm³/mol. The fourth-order valence-electron chi connectivity index (χ4n) is 3.15. The van der Waals surface area contributed by atoms with Crippen molar-refractivity contribution in [2.75, 3.05) is 11.9 Å². The molecule has 0 saturated heterocycles. The van der Waals surface area contributed by atoms with Gasteiger partial charge in [-0.1, -0.05) is 84.0 Å². The van der Waals surface area contributed by atoms with Crippen LogP contribution in [0.15, 0.2) is 77.4 Å². The molecule has 6 nitrogen and oxygen atoms in total. The number of carbonyl (C=O) groups is 2. The molecule has 0 spiro atoms.